The predicted octanol–water partition coefficient (Wildman–Crippen LogP) is 6.27. The minimum Gasteiger partial charge on any atom is -0.508 e. The molecule has 4 N–H and O–H groups in total. The first-order valence-electron chi connectivity index (χ1n) is 12.2. The lowest BCUT2D eigenvalue weighted by atomic mass is 10.1. The van der Waals surface area contributed by atoms with Crippen LogP contribution in [0.3, 0.4) is 0 Å². The van der Waals surface area contributed by atoms with E-state index in [9.17, 15) is 30.4 Å². The Morgan fingerprint density at radius 1 is 0.692 bits per heavy atom. The van der Waals surface area contributed by atoms with Gasteiger partial charge in [-0.15, -0.1) is 0 Å². The minimum atomic E-state index is -0.499. The molecule has 0 amide bonds. The van der Waals surface area contributed by atoms with E-state index >= 15 is 0 Å². The number of benzene rings is 4. The number of phenols is 2. The fourth-order valence-corrected chi connectivity index (χ4v) is 4.71. The van der Waals surface area contributed by atoms with Crippen LogP contribution < -0.4 is 10.6 Å². The van der Waals surface area contributed by atoms with Gasteiger partial charge in [0, 0.05) is 88.2 Å². The first-order chi connectivity index (χ1) is 18.7. The molecule has 1 aromatic heterocycles. The molecular formula is C28H25N5O6. The van der Waals surface area contributed by atoms with Gasteiger partial charge in [0.15, 0.2) is 0 Å². The molecule has 0 saturated heterocycles. The Balaban J connectivity index is 1.44. The van der Waals surface area contributed by atoms with Crippen LogP contribution in [-0.2, 0) is 19.6 Å². The van der Waals surface area contributed by atoms with Crippen LogP contribution in [0.4, 0.5) is 22.7 Å². The molecule has 0 saturated carbocycles. The molecule has 0 radical (unpaired) electrons. The highest BCUT2D eigenvalue weighted by molar-refractivity contribution is 6.10. The molecule has 0 aliphatic heterocycles. The number of nitrogens with one attached hydrogen (secondary N) is 2. The number of hydrogen-bond acceptors (Lipinski definition) is 8. The number of nitrogens with zero attached hydrogens (tertiary/aromatic N) is 3. The number of fused-ring (bicyclic) bond motifs is 3. The van der Waals surface area contributed by atoms with E-state index in [0.29, 0.717) is 11.1 Å². The second kappa shape index (κ2) is 10.2. The Hall–Kier alpha value is -5.32. The van der Waals surface area contributed by atoms with Crippen LogP contribution in [0.1, 0.15) is 18.1 Å². The summed E-state index contributed by atoms with van der Waals surface area (Å²) in [7, 11) is 0. The summed E-state index contributed by atoms with van der Waals surface area (Å²) >= 11 is 0. The van der Waals surface area contributed by atoms with Crippen molar-refractivity contribution < 1.29 is 20.1 Å². The first kappa shape index (κ1) is 25.3. The molecule has 5 aromatic rings. The standard InChI is InChI=1S/C28H25N5O6/c1-2-31-25-7-3-19(29-15-17-11-21(32(36)37)5-9-27(17)34)13-23(25)24-14-20(4-8-26(24)31)30-16-18-12-22(33(38)39)6-10-28(18)35/h3-14,29-30,34-35H,2,15-16H2,1H3. The van der Waals surface area contributed by atoms with Gasteiger partial charge in [0.05, 0.1) is 9.85 Å². The number of rotatable bonds is 9. The smallest absolute Gasteiger partial charge is 0.270 e. The number of anilines is 2. The molecule has 5 rings (SSSR count). The highest BCUT2D eigenvalue weighted by Gasteiger charge is 2.14. The Kier molecular flexibility index (Phi) is 6.63. The number of nitro groups is 2. The van der Waals surface area contributed by atoms with E-state index in [1.807, 2.05) is 36.4 Å². The van der Waals surface area contributed by atoms with Crippen LogP contribution in [0.15, 0.2) is 72.8 Å². The van der Waals surface area contributed by atoms with E-state index in [1.165, 1.54) is 36.4 Å². The minimum absolute atomic E-state index is 0.0257. The summed E-state index contributed by atoms with van der Waals surface area (Å²) in [6.45, 7) is 3.21. The zero-order valence-corrected chi connectivity index (χ0v) is 20.9. The number of aryl methyl sites for hydroxylation is 1. The number of aromatic nitrogens is 1. The van der Waals surface area contributed by atoms with Crippen LogP contribution in [0.5, 0.6) is 11.5 Å². The van der Waals surface area contributed by atoms with Gasteiger partial charge in [-0.3, -0.25) is 20.2 Å². The first-order valence-corrected chi connectivity index (χ1v) is 12.2. The van der Waals surface area contributed by atoms with Crippen LogP contribution in [-0.4, -0.2) is 24.6 Å². The lowest BCUT2D eigenvalue weighted by Gasteiger charge is -2.09. The molecule has 0 unspecified atom stereocenters. The Bertz CT molecular complexity index is 1620. The van der Waals surface area contributed by atoms with Crippen molar-refractivity contribution in [1.29, 1.82) is 0 Å². The maximum atomic E-state index is 11.1. The fraction of sp³-hybridized carbons (Fsp3) is 0.143. The van der Waals surface area contributed by atoms with Crippen LogP contribution in [0.2, 0.25) is 0 Å². The Morgan fingerprint density at radius 3 is 1.51 bits per heavy atom. The van der Waals surface area contributed by atoms with Crippen molar-refractivity contribution in [3.63, 3.8) is 0 Å². The van der Waals surface area contributed by atoms with E-state index in [1.54, 1.807) is 0 Å². The van der Waals surface area contributed by atoms with Crippen LogP contribution in [0, 0.1) is 20.2 Å². The molecule has 39 heavy (non-hydrogen) atoms. The molecule has 0 bridgehead atoms. The fourth-order valence-electron chi connectivity index (χ4n) is 4.71. The summed E-state index contributed by atoms with van der Waals surface area (Å²) in [5, 5.41) is 51.0. The summed E-state index contributed by atoms with van der Waals surface area (Å²) in [5.41, 5.74) is 4.27. The molecule has 198 valence electrons. The molecule has 11 nitrogen and oxygen atoms in total. The van der Waals surface area contributed by atoms with Crippen molar-refractivity contribution in [3.05, 3.63) is 104 Å². The topological polar surface area (TPSA) is 156 Å². The van der Waals surface area contributed by atoms with Gasteiger partial charge < -0.3 is 25.4 Å². The van der Waals surface area contributed by atoms with E-state index in [2.05, 4.69) is 22.1 Å². The summed E-state index contributed by atoms with van der Waals surface area (Å²) in [6.07, 6.45) is 0. The Labute approximate surface area is 222 Å². The largest absolute Gasteiger partial charge is 0.508 e. The average molecular weight is 528 g/mol. The van der Waals surface area contributed by atoms with Gasteiger partial charge in [-0.1, -0.05) is 0 Å². The summed E-state index contributed by atoms with van der Waals surface area (Å²) in [5.74, 6) is -0.0514. The maximum Gasteiger partial charge on any atom is 0.270 e. The molecule has 4 aromatic carbocycles. The molecule has 11 heteroatoms. The van der Waals surface area contributed by atoms with Crippen molar-refractivity contribution in [2.24, 2.45) is 0 Å². The predicted molar refractivity (Wildman–Crippen MR) is 149 cm³/mol. The highest BCUT2D eigenvalue weighted by Crippen LogP contribution is 2.34. The number of nitro benzene ring substituents is 2. The zero-order chi connectivity index (χ0) is 27.7. The molecular weight excluding hydrogens is 502 g/mol. The van der Waals surface area contributed by atoms with Crippen LogP contribution in [0.25, 0.3) is 21.8 Å². The van der Waals surface area contributed by atoms with Gasteiger partial charge >= 0.3 is 0 Å². The maximum absolute atomic E-state index is 11.1. The summed E-state index contributed by atoms with van der Waals surface area (Å²) in [6, 6.07) is 19.7. The number of non-ortho nitro benzene ring substituents is 2. The monoisotopic (exact) mass is 527 g/mol. The van der Waals surface area contributed by atoms with E-state index in [4.69, 9.17) is 0 Å². The van der Waals surface area contributed by atoms with Crippen molar-refractivity contribution in [2.75, 3.05) is 10.6 Å². The summed E-state index contributed by atoms with van der Waals surface area (Å²) < 4.78 is 2.19. The molecule has 0 atom stereocenters. The average Bonchev–Trinajstić information content (AvgIpc) is 3.24. The second-order valence-electron chi connectivity index (χ2n) is 9.06. The van der Waals surface area contributed by atoms with Gasteiger partial charge in [0.25, 0.3) is 11.4 Å². The molecule has 0 fully saturated rings. The third-order valence-corrected chi connectivity index (χ3v) is 6.69. The van der Waals surface area contributed by atoms with Gasteiger partial charge in [-0.2, -0.15) is 0 Å². The van der Waals surface area contributed by atoms with Crippen LogP contribution >= 0.6 is 0 Å². The number of phenolic OH excluding ortho intramolecular Hbond substituents is 2. The van der Waals surface area contributed by atoms with Crippen molar-refractivity contribution in [1.82, 2.24) is 4.57 Å². The lowest BCUT2D eigenvalue weighted by Crippen LogP contribution is -2.01. The normalized spacial score (nSPS) is 11.1. The quantitative estimate of drug-likeness (QED) is 0.129. The number of aromatic hydroxyl groups is 2. The molecule has 0 spiro atoms. The van der Waals surface area contributed by atoms with Crippen molar-refractivity contribution in [3.8, 4) is 11.5 Å². The van der Waals surface area contributed by atoms with Crippen molar-refractivity contribution in [2.45, 2.75) is 26.6 Å². The van der Waals surface area contributed by atoms with E-state index < -0.39 is 9.85 Å². The SMILES string of the molecule is CCn1c2ccc(NCc3cc([N+](=O)[O-])ccc3O)cc2c2cc(NCc3cc([N+](=O)[O-])ccc3O)ccc21. The lowest BCUT2D eigenvalue weighted by molar-refractivity contribution is -0.385. The second-order valence-corrected chi connectivity index (χ2v) is 9.06. The number of hydrogen-bond donors (Lipinski definition) is 4. The molecule has 1 heterocycles. The Morgan fingerprint density at radius 2 is 1.13 bits per heavy atom. The van der Waals surface area contributed by atoms with Gasteiger partial charge in [-0.05, 0) is 55.5 Å². The van der Waals surface area contributed by atoms with Gasteiger partial charge in [-0.25, -0.2) is 0 Å². The van der Waals surface area contributed by atoms with E-state index in [-0.39, 0.29) is 36.0 Å². The van der Waals surface area contributed by atoms with Crippen molar-refractivity contribution >= 4 is 44.6 Å². The molecule has 0 aliphatic rings. The third kappa shape index (κ3) is 4.97. The third-order valence-electron chi connectivity index (χ3n) is 6.69. The summed E-state index contributed by atoms with van der Waals surface area (Å²) in [4.78, 5) is 21.2. The highest BCUT2D eigenvalue weighted by atomic mass is 16.6. The van der Waals surface area contributed by atoms with Gasteiger partial charge in [0.1, 0.15) is 11.5 Å². The van der Waals surface area contributed by atoms with Gasteiger partial charge in [0.2, 0.25) is 0 Å². The zero-order valence-electron chi connectivity index (χ0n) is 20.9. The molecule has 0 aliphatic carbocycles. The van der Waals surface area contributed by atoms with E-state index in [0.717, 1.165) is 39.7 Å².